The highest BCUT2D eigenvalue weighted by molar-refractivity contribution is 5.74. The van der Waals surface area contributed by atoms with E-state index in [-0.39, 0.29) is 11.5 Å². The maximum absolute atomic E-state index is 11.1. The van der Waals surface area contributed by atoms with Gasteiger partial charge in [0, 0.05) is 7.05 Å². The number of aliphatic carboxylic acids is 1. The molecule has 1 atom stereocenters. The molecule has 0 aliphatic heterocycles. The van der Waals surface area contributed by atoms with Gasteiger partial charge in [0.2, 0.25) is 0 Å². The molecule has 0 saturated carbocycles. The minimum absolute atomic E-state index is 0.0113. The first kappa shape index (κ1) is 14.8. The summed E-state index contributed by atoms with van der Waals surface area (Å²) in [5.41, 5.74) is -0.370. The number of rotatable bonds is 5. The van der Waals surface area contributed by atoms with Gasteiger partial charge < -0.3 is 14.7 Å². The third kappa shape index (κ3) is 4.55. The summed E-state index contributed by atoms with van der Waals surface area (Å²) in [6, 6.07) is -0.616. The molecule has 4 heteroatoms. The van der Waals surface area contributed by atoms with Crippen molar-refractivity contribution in [1.29, 1.82) is 0 Å². The van der Waals surface area contributed by atoms with E-state index in [2.05, 4.69) is 6.58 Å². The van der Waals surface area contributed by atoms with Gasteiger partial charge in [-0.25, -0.2) is 4.79 Å². The summed E-state index contributed by atoms with van der Waals surface area (Å²) in [7, 11) is 1.69. The molecule has 0 fully saturated rings. The van der Waals surface area contributed by atoms with Crippen LogP contribution in [0.2, 0.25) is 0 Å². The first-order chi connectivity index (χ1) is 7.06. The van der Waals surface area contributed by atoms with Crippen LogP contribution in [0.15, 0.2) is 12.5 Å². The molecular weight excluding hydrogens is 206 g/mol. The zero-order valence-electron chi connectivity index (χ0n) is 11.1. The fourth-order valence-electron chi connectivity index (χ4n) is 1.48. The summed E-state index contributed by atoms with van der Waals surface area (Å²) < 4.78 is 5.55. The third-order valence-corrected chi connectivity index (χ3v) is 2.12. The van der Waals surface area contributed by atoms with Crippen molar-refractivity contribution >= 4 is 5.97 Å². The zero-order valence-corrected chi connectivity index (χ0v) is 11.1. The molecule has 0 aliphatic carbocycles. The fraction of sp³-hybridized carbons (Fsp3) is 0.750. The molecule has 16 heavy (non-hydrogen) atoms. The highest BCUT2D eigenvalue weighted by Gasteiger charge is 2.29. The summed E-state index contributed by atoms with van der Waals surface area (Å²) in [6.07, 6.45) is 0. The normalized spacial score (nSPS) is 13.4. The summed E-state index contributed by atoms with van der Waals surface area (Å²) >= 11 is 0. The number of carboxylic acid groups (broad SMARTS) is 1. The SMILES string of the molecule is C=C(OC(C)(C)C)N(C)[C@@H](C(=O)O)C(C)C. The van der Waals surface area contributed by atoms with Gasteiger partial charge in [0.25, 0.3) is 0 Å². The van der Waals surface area contributed by atoms with Crippen LogP contribution in [0.1, 0.15) is 34.6 Å². The van der Waals surface area contributed by atoms with Crippen molar-refractivity contribution in [3.05, 3.63) is 12.5 Å². The van der Waals surface area contributed by atoms with Crippen molar-refractivity contribution in [3.63, 3.8) is 0 Å². The lowest BCUT2D eigenvalue weighted by molar-refractivity contribution is -0.145. The van der Waals surface area contributed by atoms with Crippen LogP contribution in [0.4, 0.5) is 0 Å². The Balaban J connectivity index is 4.69. The Hall–Kier alpha value is -1.19. The van der Waals surface area contributed by atoms with Crippen LogP contribution in [0, 0.1) is 5.92 Å². The van der Waals surface area contributed by atoms with Crippen molar-refractivity contribution in [2.75, 3.05) is 7.05 Å². The molecule has 0 aliphatic rings. The molecule has 1 N–H and O–H groups in total. The molecule has 0 aromatic rings. The smallest absolute Gasteiger partial charge is 0.326 e. The predicted molar refractivity (Wildman–Crippen MR) is 64.0 cm³/mol. The second-order valence-corrected chi connectivity index (χ2v) is 5.25. The number of carboxylic acids is 1. The van der Waals surface area contributed by atoms with E-state index in [1.807, 2.05) is 34.6 Å². The predicted octanol–water partition coefficient (Wildman–Crippen LogP) is 2.31. The molecule has 0 heterocycles. The highest BCUT2D eigenvalue weighted by atomic mass is 16.5. The van der Waals surface area contributed by atoms with E-state index in [0.717, 1.165) is 0 Å². The van der Waals surface area contributed by atoms with Crippen molar-refractivity contribution in [3.8, 4) is 0 Å². The standard InChI is InChI=1S/C12H23NO3/c1-8(2)10(11(14)15)13(7)9(3)16-12(4,5)6/h8,10H,3H2,1-2,4-7H3,(H,14,15)/t10-/m1/s1. The van der Waals surface area contributed by atoms with Gasteiger partial charge in [-0.1, -0.05) is 13.8 Å². The van der Waals surface area contributed by atoms with Crippen LogP contribution in [0.3, 0.4) is 0 Å². The Kier molecular flexibility index (Phi) is 4.84. The van der Waals surface area contributed by atoms with E-state index in [0.29, 0.717) is 5.88 Å². The molecular formula is C12H23NO3. The van der Waals surface area contributed by atoms with Crippen molar-refractivity contribution in [2.45, 2.75) is 46.3 Å². The largest absolute Gasteiger partial charge is 0.480 e. The quantitative estimate of drug-likeness (QED) is 0.735. The summed E-state index contributed by atoms with van der Waals surface area (Å²) in [6.45, 7) is 13.2. The highest BCUT2D eigenvalue weighted by Crippen LogP contribution is 2.19. The molecule has 0 rings (SSSR count). The molecule has 0 radical (unpaired) electrons. The number of nitrogens with zero attached hydrogens (tertiary/aromatic N) is 1. The van der Waals surface area contributed by atoms with Gasteiger partial charge in [-0.05, 0) is 33.3 Å². The molecule has 4 nitrogen and oxygen atoms in total. The minimum Gasteiger partial charge on any atom is -0.480 e. The Labute approximate surface area is 97.9 Å². The molecule has 0 saturated heterocycles. The molecule has 0 aromatic heterocycles. The number of ether oxygens (including phenoxy) is 1. The van der Waals surface area contributed by atoms with Crippen molar-refractivity contribution in [1.82, 2.24) is 4.90 Å². The van der Waals surface area contributed by atoms with Crippen LogP contribution < -0.4 is 0 Å². The Bertz CT molecular complexity index is 266. The maximum Gasteiger partial charge on any atom is 0.326 e. The monoisotopic (exact) mass is 229 g/mol. The van der Waals surface area contributed by atoms with E-state index in [1.165, 1.54) is 0 Å². The first-order valence-electron chi connectivity index (χ1n) is 5.40. The van der Waals surface area contributed by atoms with Gasteiger partial charge in [-0.15, -0.1) is 0 Å². The summed E-state index contributed by atoms with van der Waals surface area (Å²) in [4.78, 5) is 12.7. The number of hydrogen-bond acceptors (Lipinski definition) is 3. The van der Waals surface area contributed by atoms with Crippen LogP contribution in [0.5, 0.6) is 0 Å². The maximum atomic E-state index is 11.1. The van der Waals surface area contributed by atoms with Gasteiger partial charge in [0.05, 0.1) is 0 Å². The van der Waals surface area contributed by atoms with Crippen LogP contribution >= 0.6 is 0 Å². The van der Waals surface area contributed by atoms with Gasteiger partial charge in [0.1, 0.15) is 11.6 Å². The zero-order chi connectivity index (χ0) is 13.1. The molecule has 0 amide bonds. The van der Waals surface area contributed by atoms with E-state index in [1.54, 1.807) is 11.9 Å². The van der Waals surface area contributed by atoms with Gasteiger partial charge >= 0.3 is 5.97 Å². The fourth-order valence-corrected chi connectivity index (χ4v) is 1.48. The van der Waals surface area contributed by atoms with Crippen molar-refractivity contribution < 1.29 is 14.6 Å². The van der Waals surface area contributed by atoms with Crippen LogP contribution in [-0.4, -0.2) is 34.7 Å². The second-order valence-electron chi connectivity index (χ2n) is 5.25. The lowest BCUT2D eigenvalue weighted by Gasteiger charge is -2.34. The summed E-state index contributed by atoms with van der Waals surface area (Å²) in [5, 5.41) is 9.12. The van der Waals surface area contributed by atoms with E-state index in [4.69, 9.17) is 9.84 Å². The van der Waals surface area contributed by atoms with Gasteiger partial charge in [0.15, 0.2) is 5.88 Å². The molecule has 94 valence electrons. The molecule has 0 aromatic carbocycles. The van der Waals surface area contributed by atoms with Crippen LogP contribution in [0.25, 0.3) is 0 Å². The minimum atomic E-state index is -0.865. The lowest BCUT2D eigenvalue weighted by Crippen LogP contribution is -2.43. The van der Waals surface area contributed by atoms with Gasteiger partial charge in [-0.2, -0.15) is 0 Å². The molecule has 0 spiro atoms. The Morgan fingerprint density at radius 3 is 2.06 bits per heavy atom. The van der Waals surface area contributed by atoms with E-state index in [9.17, 15) is 4.79 Å². The topological polar surface area (TPSA) is 49.8 Å². The second kappa shape index (κ2) is 5.23. The third-order valence-electron chi connectivity index (χ3n) is 2.12. The Morgan fingerprint density at radius 2 is 1.81 bits per heavy atom. The number of likely N-dealkylation sites (N-methyl/N-ethyl adjacent to an activating group) is 1. The molecule has 0 bridgehead atoms. The van der Waals surface area contributed by atoms with Gasteiger partial charge in [-0.3, -0.25) is 0 Å². The van der Waals surface area contributed by atoms with Crippen LogP contribution in [-0.2, 0) is 9.53 Å². The van der Waals surface area contributed by atoms with Crippen molar-refractivity contribution in [2.24, 2.45) is 5.92 Å². The average Bonchev–Trinajstić information content (AvgIpc) is 1.98. The average molecular weight is 229 g/mol. The Morgan fingerprint density at radius 1 is 1.38 bits per heavy atom. The van der Waals surface area contributed by atoms with E-state index >= 15 is 0 Å². The summed E-state index contributed by atoms with van der Waals surface area (Å²) in [5.74, 6) is -0.493. The number of hydrogen-bond donors (Lipinski definition) is 1. The lowest BCUT2D eigenvalue weighted by atomic mass is 10.0. The van der Waals surface area contributed by atoms with E-state index < -0.39 is 12.0 Å². The number of carbonyl (C=O) groups is 1. The molecule has 0 unspecified atom stereocenters. The first-order valence-corrected chi connectivity index (χ1v) is 5.40.